The zero-order valence-electron chi connectivity index (χ0n) is 12.9. The monoisotopic (exact) mass is 324 g/mol. The van der Waals surface area contributed by atoms with Crippen LogP contribution in [-0.4, -0.2) is 97.0 Å². The molecule has 3 aliphatic heterocycles. The summed E-state index contributed by atoms with van der Waals surface area (Å²) in [5.74, 6) is -0.412. The van der Waals surface area contributed by atoms with Crippen LogP contribution in [0, 0.1) is 0 Å². The largest absolute Gasteiger partial charge is 0.379 e. The number of fused-ring (bicyclic) bond motifs is 1. The highest BCUT2D eigenvalue weighted by molar-refractivity contribution is 6.05. The van der Waals surface area contributed by atoms with Crippen LogP contribution < -0.4 is 11.1 Å². The predicted molar refractivity (Wildman–Crippen MR) is 79.5 cm³/mol. The molecule has 3 N–H and O–H groups in total. The van der Waals surface area contributed by atoms with Crippen LogP contribution in [0.15, 0.2) is 4.99 Å². The fraction of sp³-hybridized carbons (Fsp3) is 0.692. The van der Waals surface area contributed by atoms with Gasteiger partial charge in [0.15, 0.2) is 12.2 Å². The number of amides is 4. The Morgan fingerprint density at radius 1 is 1.39 bits per heavy atom. The number of likely N-dealkylation sites (N-methyl/N-ethyl adjacent to an activating group) is 1. The molecule has 4 amide bonds. The second-order valence-corrected chi connectivity index (χ2v) is 5.79. The van der Waals surface area contributed by atoms with Crippen molar-refractivity contribution in [1.82, 2.24) is 20.0 Å². The topological polar surface area (TPSA) is 121 Å². The molecule has 2 atom stereocenters. The van der Waals surface area contributed by atoms with Gasteiger partial charge in [-0.25, -0.2) is 9.79 Å². The number of amidine groups is 1. The Morgan fingerprint density at radius 3 is 2.74 bits per heavy atom. The van der Waals surface area contributed by atoms with E-state index in [0.717, 1.165) is 13.1 Å². The van der Waals surface area contributed by atoms with E-state index < -0.39 is 30.1 Å². The van der Waals surface area contributed by atoms with E-state index >= 15 is 0 Å². The highest BCUT2D eigenvalue weighted by atomic mass is 16.5. The highest BCUT2D eigenvalue weighted by Gasteiger charge is 2.48. The van der Waals surface area contributed by atoms with Crippen LogP contribution in [0.5, 0.6) is 0 Å². The third kappa shape index (κ3) is 2.99. The third-order valence-electron chi connectivity index (χ3n) is 4.24. The number of aliphatic imine (C=N–C) groups is 1. The van der Waals surface area contributed by atoms with Crippen LogP contribution >= 0.6 is 0 Å². The molecular formula is C13H20N6O4. The smallest absolute Gasteiger partial charge is 0.325 e. The van der Waals surface area contributed by atoms with Crippen molar-refractivity contribution in [2.45, 2.75) is 12.2 Å². The summed E-state index contributed by atoms with van der Waals surface area (Å²) in [6, 6.07) is -1.21. The number of nitrogens with zero attached hydrogens (tertiary/aromatic N) is 4. The number of carbonyl (C=O) groups is 3. The number of rotatable bonds is 4. The first-order valence-electron chi connectivity index (χ1n) is 7.47. The molecule has 0 aromatic heterocycles. The molecule has 3 rings (SSSR count). The average Bonchev–Trinajstić information content (AvgIpc) is 2.84. The minimum absolute atomic E-state index is 0.111. The molecule has 10 heteroatoms. The summed E-state index contributed by atoms with van der Waals surface area (Å²) in [6.07, 6.45) is -0.633. The van der Waals surface area contributed by atoms with Gasteiger partial charge in [0.1, 0.15) is 5.84 Å². The molecule has 0 saturated carbocycles. The van der Waals surface area contributed by atoms with Crippen LogP contribution in [0.2, 0.25) is 0 Å². The second-order valence-electron chi connectivity index (χ2n) is 5.79. The summed E-state index contributed by atoms with van der Waals surface area (Å²) in [5, 5.41) is 2.28. The standard InChI is InChI=1S/C13H20N6O4/c1-17-11-10(12(21)16-13(17)22)19(6-8(14)20)9(15-11)7-18-2-4-23-5-3-18/h10-11H,2-7H2,1H3,(H2,14,20)(H,16,21,22). The van der Waals surface area contributed by atoms with E-state index in [1.165, 1.54) is 4.90 Å². The first-order valence-corrected chi connectivity index (χ1v) is 7.47. The number of urea groups is 1. The number of nitrogens with one attached hydrogen (secondary N) is 1. The van der Waals surface area contributed by atoms with Gasteiger partial charge < -0.3 is 20.3 Å². The fourth-order valence-corrected chi connectivity index (χ4v) is 3.03. The van der Waals surface area contributed by atoms with E-state index in [4.69, 9.17) is 10.5 Å². The maximum atomic E-state index is 12.2. The lowest BCUT2D eigenvalue weighted by atomic mass is 10.1. The molecular weight excluding hydrogens is 304 g/mol. The van der Waals surface area contributed by atoms with Crippen molar-refractivity contribution in [3.05, 3.63) is 0 Å². The van der Waals surface area contributed by atoms with Gasteiger partial charge in [0.25, 0.3) is 5.91 Å². The summed E-state index contributed by atoms with van der Waals surface area (Å²) in [6.45, 7) is 3.14. The van der Waals surface area contributed by atoms with Gasteiger partial charge in [0.2, 0.25) is 5.91 Å². The lowest BCUT2D eigenvalue weighted by Gasteiger charge is -2.36. The number of nitrogens with two attached hydrogens (primary N) is 1. The number of ether oxygens (including phenoxy) is 1. The van der Waals surface area contributed by atoms with Gasteiger partial charge in [-0.05, 0) is 0 Å². The maximum absolute atomic E-state index is 12.2. The van der Waals surface area contributed by atoms with Gasteiger partial charge in [-0.2, -0.15) is 0 Å². The van der Waals surface area contributed by atoms with E-state index in [0.29, 0.717) is 25.6 Å². The number of carbonyl (C=O) groups excluding carboxylic acids is 3. The van der Waals surface area contributed by atoms with Crippen molar-refractivity contribution in [3.8, 4) is 0 Å². The van der Waals surface area contributed by atoms with Crippen LogP contribution in [0.4, 0.5) is 4.79 Å². The summed E-state index contributed by atoms with van der Waals surface area (Å²) in [5.41, 5.74) is 5.32. The van der Waals surface area contributed by atoms with Gasteiger partial charge in [0, 0.05) is 20.1 Å². The Morgan fingerprint density at radius 2 is 2.09 bits per heavy atom. The van der Waals surface area contributed by atoms with Gasteiger partial charge in [-0.1, -0.05) is 0 Å². The van der Waals surface area contributed by atoms with Gasteiger partial charge in [-0.15, -0.1) is 0 Å². The van der Waals surface area contributed by atoms with Crippen molar-refractivity contribution < 1.29 is 19.1 Å². The predicted octanol–water partition coefficient (Wildman–Crippen LogP) is -2.61. The third-order valence-corrected chi connectivity index (χ3v) is 4.24. The molecule has 0 aromatic carbocycles. The maximum Gasteiger partial charge on any atom is 0.325 e. The first kappa shape index (κ1) is 15.7. The van der Waals surface area contributed by atoms with E-state index in [1.807, 2.05) is 0 Å². The molecule has 23 heavy (non-hydrogen) atoms. The Labute approximate surface area is 133 Å². The number of imide groups is 1. The molecule has 2 unspecified atom stereocenters. The normalized spacial score (nSPS) is 28.5. The molecule has 0 radical (unpaired) electrons. The van der Waals surface area contributed by atoms with E-state index in [-0.39, 0.29) is 6.54 Å². The molecule has 126 valence electrons. The van der Waals surface area contributed by atoms with Gasteiger partial charge >= 0.3 is 6.03 Å². The van der Waals surface area contributed by atoms with Crippen molar-refractivity contribution in [2.24, 2.45) is 10.7 Å². The first-order chi connectivity index (χ1) is 11.0. The van der Waals surface area contributed by atoms with Crippen molar-refractivity contribution >= 4 is 23.7 Å². The Kier molecular flexibility index (Phi) is 4.18. The molecule has 0 aromatic rings. The molecule has 0 spiro atoms. The Bertz CT molecular complexity index is 559. The van der Waals surface area contributed by atoms with Crippen molar-refractivity contribution in [3.63, 3.8) is 0 Å². The summed E-state index contributed by atoms with van der Waals surface area (Å²) in [7, 11) is 1.57. The van der Waals surface area contributed by atoms with E-state index in [9.17, 15) is 14.4 Å². The van der Waals surface area contributed by atoms with Crippen LogP contribution in [-0.2, 0) is 14.3 Å². The minimum Gasteiger partial charge on any atom is -0.379 e. The van der Waals surface area contributed by atoms with E-state index in [2.05, 4.69) is 15.2 Å². The molecule has 3 aliphatic rings. The molecule has 10 nitrogen and oxygen atoms in total. The number of primary amides is 1. The van der Waals surface area contributed by atoms with Crippen molar-refractivity contribution in [2.75, 3.05) is 46.4 Å². The molecule has 0 bridgehead atoms. The summed E-state index contributed by atoms with van der Waals surface area (Å²) >= 11 is 0. The van der Waals surface area contributed by atoms with E-state index in [1.54, 1.807) is 11.9 Å². The van der Waals surface area contributed by atoms with Crippen LogP contribution in [0.3, 0.4) is 0 Å². The molecule has 2 fully saturated rings. The van der Waals surface area contributed by atoms with Gasteiger partial charge in [-0.3, -0.25) is 19.8 Å². The SMILES string of the molecule is CN1C(=O)NC(=O)C2C1N=C(CN1CCOCC1)N2CC(N)=O. The number of morpholine rings is 1. The number of hydrogen-bond donors (Lipinski definition) is 2. The molecule has 0 aliphatic carbocycles. The fourth-order valence-electron chi connectivity index (χ4n) is 3.03. The quantitative estimate of drug-likeness (QED) is 0.585. The lowest BCUT2D eigenvalue weighted by molar-refractivity contribution is -0.128. The minimum atomic E-state index is -0.721. The second kappa shape index (κ2) is 6.13. The molecule has 3 heterocycles. The Balaban J connectivity index is 1.83. The van der Waals surface area contributed by atoms with Crippen LogP contribution in [0.25, 0.3) is 0 Å². The summed E-state index contributed by atoms with van der Waals surface area (Å²) in [4.78, 5) is 45.0. The zero-order valence-corrected chi connectivity index (χ0v) is 12.9. The van der Waals surface area contributed by atoms with Crippen LogP contribution in [0.1, 0.15) is 0 Å². The lowest BCUT2D eigenvalue weighted by Crippen LogP contribution is -2.64. The van der Waals surface area contributed by atoms with Crippen molar-refractivity contribution in [1.29, 1.82) is 0 Å². The zero-order chi connectivity index (χ0) is 16.6. The van der Waals surface area contributed by atoms with Gasteiger partial charge in [0.05, 0.1) is 26.3 Å². The summed E-state index contributed by atoms with van der Waals surface area (Å²) < 4.78 is 5.31. The number of hydrogen-bond acceptors (Lipinski definition) is 7. The molecule has 2 saturated heterocycles. The average molecular weight is 324 g/mol. The Hall–Kier alpha value is -2.20. The highest BCUT2D eigenvalue weighted by Crippen LogP contribution is 2.24.